The predicted molar refractivity (Wildman–Crippen MR) is 120 cm³/mol. The Morgan fingerprint density at radius 1 is 1.10 bits per heavy atom. The molecule has 0 amide bonds. The van der Waals surface area contributed by atoms with Crippen LogP contribution in [0.5, 0.6) is 5.75 Å². The third-order valence-corrected chi connectivity index (χ3v) is 6.02. The molecule has 1 fully saturated rings. The molecule has 4 N–H and O–H groups in total. The van der Waals surface area contributed by atoms with E-state index in [-0.39, 0.29) is 11.3 Å². The number of pyridine rings is 1. The monoisotopic (exact) mass is 407 g/mol. The van der Waals surface area contributed by atoms with Crippen LogP contribution in [0.3, 0.4) is 0 Å². The van der Waals surface area contributed by atoms with Crippen molar-refractivity contribution in [1.29, 1.82) is 0 Å². The first-order valence-electron chi connectivity index (χ1n) is 10.6. The van der Waals surface area contributed by atoms with Gasteiger partial charge < -0.3 is 25.4 Å². The number of nitrogens with zero attached hydrogens (tertiary/aromatic N) is 1. The zero-order valence-electron chi connectivity index (χ0n) is 17.3. The van der Waals surface area contributed by atoms with Crippen molar-refractivity contribution in [3.63, 3.8) is 0 Å². The highest BCUT2D eigenvalue weighted by Gasteiger charge is 2.16. The Labute approximate surface area is 176 Å². The Balaban J connectivity index is 1.36. The van der Waals surface area contributed by atoms with Crippen molar-refractivity contribution in [3.8, 4) is 5.75 Å². The highest BCUT2D eigenvalue weighted by atomic mass is 16.3. The number of benzene rings is 2. The van der Waals surface area contributed by atoms with Crippen molar-refractivity contribution in [3.05, 3.63) is 70.0 Å². The van der Waals surface area contributed by atoms with Gasteiger partial charge in [-0.15, -0.1) is 0 Å². The van der Waals surface area contributed by atoms with Crippen LogP contribution in [-0.2, 0) is 6.54 Å². The van der Waals surface area contributed by atoms with Crippen LogP contribution in [0.25, 0.3) is 10.9 Å². The van der Waals surface area contributed by atoms with E-state index in [1.807, 2.05) is 0 Å². The SMILES string of the molecule is CC1CCN(c2ccc(CNC[C@H](O)c3ccc(O)c4[nH]c(=O)ccc34)cc2)CC1. The van der Waals surface area contributed by atoms with Crippen LogP contribution in [0.4, 0.5) is 5.69 Å². The van der Waals surface area contributed by atoms with Gasteiger partial charge in [-0.2, -0.15) is 0 Å². The molecule has 1 aromatic heterocycles. The lowest BCUT2D eigenvalue weighted by molar-refractivity contribution is 0.176. The van der Waals surface area contributed by atoms with Crippen LogP contribution in [0.15, 0.2) is 53.3 Å². The van der Waals surface area contributed by atoms with Crippen LogP contribution in [0, 0.1) is 5.92 Å². The molecule has 6 heteroatoms. The number of fused-ring (bicyclic) bond motifs is 1. The summed E-state index contributed by atoms with van der Waals surface area (Å²) in [7, 11) is 0. The quantitative estimate of drug-likeness (QED) is 0.504. The van der Waals surface area contributed by atoms with Gasteiger partial charge in [0.25, 0.3) is 0 Å². The Morgan fingerprint density at radius 3 is 2.57 bits per heavy atom. The molecule has 158 valence electrons. The molecule has 0 bridgehead atoms. The summed E-state index contributed by atoms with van der Waals surface area (Å²) < 4.78 is 0. The van der Waals surface area contributed by atoms with Gasteiger partial charge in [-0.3, -0.25) is 4.79 Å². The summed E-state index contributed by atoms with van der Waals surface area (Å²) in [6.45, 7) is 5.58. The van der Waals surface area contributed by atoms with E-state index in [1.54, 1.807) is 12.1 Å². The van der Waals surface area contributed by atoms with Crippen LogP contribution in [0.2, 0.25) is 0 Å². The predicted octanol–water partition coefficient (Wildman–Crippen LogP) is 3.29. The summed E-state index contributed by atoms with van der Waals surface area (Å²) in [6, 6.07) is 14.8. The van der Waals surface area contributed by atoms with Crippen molar-refractivity contribution in [2.75, 3.05) is 24.5 Å². The van der Waals surface area contributed by atoms with Gasteiger partial charge in [0.1, 0.15) is 5.75 Å². The number of H-pyrrole nitrogens is 1. The molecule has 2 aromatic carbocycles. The third-order valence-electron chi connectivity index (χ3n) is 6.02. The smallest absolute Gasteiger partial charge is 0.248 e. The Hall–Kier alpha value is -2.83. The number of aromatic hydroxyl groups is 1. The van der Waals surface area contributed by atoms with Crippen LogP contribution < -0.4 is 15.8 Å². The van der Waals surface area contributed by atoms with E-state index in [0.717, 1.165) is 24.6 Å². The maximum Gasteiger partial charge on any atom is 0.248 e. The van der Waals surface area contributed by atoms with Crippen molar-refractivity contribution < 1.29 is 10.2 Å². The minimum Gasteiger partial charge on any atom is -0.506 e. The van der Waals surface area contributed by atoms with Crippen LogP contribution >= 0.6 is 0 Å². The summed E-state index contributed by atoms with van der Waals surface area (Å²) in [6.07, 6.45) is 1.75. The number of phenols is 1. The molecule has 1 atom stereocenters. The molecular weight excluding hydrogens is 378 g/mol. The first-order valence-corrected chi connectivity index (χ1v) is 10.6. The zero-order valence-corrected chi connectivity index (χ0v) is 17.3. The number of anilines is 1. The number of phenolic OH excluding ortho intramolecular Hbond substituents is 1. The van der Waals surface area contributed by atoms with Crippen molar-refractivity contribution >= 4 is 16.6 Å². The number of hydrogen-bond acceptors (Lipinski definition) is 5. The number of hydrogen-bond donors (Lipinski definition) is 4. The first kappa shape index (κ1) is 20.4. The number of nitrogens with one attached hydrogen (secondary N) is 2. The molecule has 0 saturated carbocycles. The van der Waals surface area contributed by atoms with Gasteiger partial charge in [0.2, 0.25) is 5.56 Å². The van der Waals surface area contributed by atoms with E-state index in [4.69, 9.17) is 0 Å². The molecule has 2 heterocycles. The zero-order chi connectivity index (χ0) is 21.1. The Morgan fingerprint density at radius 2 is 1.83 bits per heavy atom. The van der Waals surface area contributed by atoms with Gasteiger partial charge >= 0.3 is 0 Å². The maximum atomic E-state index is 11.5. The van der Waals surface area contributed by atoms with E-state index in [0.29, 0.717) is 29.6 Å². The number of aromatic nitrogens is 1. The lowest BCUT2D eigenvalue weighted by atomic mass is 9.98. The fourth-order valence-corrected chi connectivity index (χ4v) is 4.10. The van der Waals surface area contributed by atoms with Gasteiger partial charge in [0.05, 0.1) is 11.6 Å². The third kappa shape index (κ3) is 4.50. The molecule has 1 saturated heterocycles. The minimum absolute atomic E-state index is 0.00476. The minimum atomic E-state index is -0.756. The van der Waals surface area contributed by atoms with E-state index in [9.17, 15) is 15.0 Å². The van der Waals surface area contributed by atoms with E-state index in [1.165, 1.54) is 30.7 Å². The fourth-order valence-electron chi connectivity index (χ4n) is 4.10. The van der Waals surface area contributed by atoms with Gasteiger partial charge in [-0.1, -0.05) is 25.1 Å². The fraction of sp³-hybridized carbons (Fsp3) is 0.375. The number of aliphatic hydroxyl groups excluding tert-OH is 1. The summed E-state index contributed by atoms with van der Waals surface area (Å²) >= 11 is 0. The Bertz CT molecular complexity index is 1050. The van der Waals surface area contributed by atoms with Crippen LogP contribution in [-0.4, -0.2) is 34.8 Å². The van der Waals surface area contributed by atoms with E-state index < -0.39 is 6.10 Å². The van der Waals surface area contributed by atoms with Gasteiger partial charge in [0.15, 0.2) is 0 Å². The standard InChI is InChI=1S/C24H29N3O3/c1-16-10-12-27(13-11-16)18-4-2-17(3-5-18)14-25-15-22(29)19-6-8-21(28)24-20(19)7-9-23(30)26-24/h2-9,16,22,25,28-29H,10-15H2,1H3,(H,26,30)/t22-/m0/s1. The van der Waals surface area contributed by atoms with Gasteiger partial charge in [-0.25, -0.2) is 0 Å². The molecule has 4 rings (SSSR count). The van der Waals surface area contributed by atoms with Crippen LogP contribution in [0.1, 0.15) is 37.0 Å². The molecule has 30 heavy (non-hydrogen) atoms. The van der Waals surface area contributed by atoms with Crippen molar-refractivity contribution in [2.24, 2.45) is 5.92 Å². The summed E-state index contributed by atoms with van der Waals surface area (Å²) in [5, 5.41) is 24.6. The maximum absolute atomic E-state index is 11.5. The Kier molecular flexibility index (Phi) is 6.06. The topological polar surface area (TPSA) is 88.6 Å². The molecule has 1 aliphatic heterocycles. The first-order chi connectivity index (χ1) is 14.5. The number of rotatable bonds is 6. The van der Waals surface area contributed by atoms with Gasteiger partial charge in [0, 0.05) is 43.3 Å². The molecule has 0 aliphatic carbocycles. The van der Waals surface area contributed by atoms with Crippen molar-refractivity contribution in [2.45, 2.75) is 32.4 Å². The number of aliphatic hydroxyl groups is 1. The molecule has 6 nitrogen and oxygen atoms in total. The van der Waals surface area contributed by atoms with Crippen molar-refractivity contribution in [1.82, 2.24) is 10.3 Å². The van der Waals surface area contributed by atoms with E-state index in [2.05, 4.69) is 46.4 Å². The summed E-state index contributed by atoms with van der Waals surface area (Å²) in [5.41, 5.74) is 3.17. The highest BCUT2D eigenvalue weighted by molar-refractivity contribution is 5.87. The summed E-state index contributed by atoms with van der Waals surface area (Å²) in [5.74, 6) is 0.817. The van der Waals surface area contributed by atoms with E-state index >= 15 is 0 Å². The number of aromatic amines is 1. The molecule has 0 spiro atoms. The second-order valence-corrected chi connectivity index (χ2v) is 8.27. The average Bonchev–Trinajstić information content (AvgIpc) is 2.75. The average molecular weight is 408 g/mol. The molecule has 3 aromatic rings. The summed E-state index contributed by atoms with van der Waals surface area (Å²) in [4.78, 5) is 16.6. The molecular formula is C24H29N3O3. The largest absolute Gasteiger partial charge is 0.506 e. The van der Waals surface area contributed by atoms with Gasteiger partial charge in [-0.05, 0) is 54.2 Å². The molecule has 0 unspecified atom stereocenters. The number of piperidine rings is 1. The normalized spacial score (nSPS) is 16.1. The molecule has 0 radical (unpaired) electrons. The highest BCUT2D eigenvalue weighted by Crippen LogP contribution is 2.28. The second-order valence-electron chi connectivity index (χ2n) is 8.27. The molecule has 1 aliphatic rings. The lowest BCUT2D eigenvalue weighted by Gasteiger charge is -2.32. The lowest BCUT2D eigenvalue weighted by Crippen LogP contribution is -2.32. The second kappa shape index (κ2) is 8.90.